The SMILES string of the molecule is Cc1cc(NC(=O)[C@@H](C)OC(=O)CCSc2ccc(F)cc2)no1. The number of carbonyl (C=O) groups excluding carboxylic acids is 2. The van der Waals surface area contributed by atoms with E-state index in [1.165, 1.54) is 30.8 Å². The molecule has 0 bridgehead atoms. The Balaban J connectivity index is 1.70. The van der Waals surface area contributed by atoms with Gasteiger partial charge in [0.25, 0.3) is 5.91 Å². The van der Waals surface area contributed by atoms with Gasteiger partial charge < -0.3 is 14.6 Å². The van der Waals surface area contributed by atoms with Gasteiger partial charge in [-0.2, -0.15) is 0 Å². The van der Waals surface area contributed by atoms with E-state index in [-0.39, 0.29) is 18.1 Å². The highest BCUT2D eigenvalue weighted by molar-refractivity contribution is 7.99. The van der Waals surface area contributed by atoms with E-state index in [1.54, 1.807) is 25.1 Å². The molecule has 0 radical (unpaired) electrons. The number of hydrogen-bond acceptors (Lipinski definition) is 6. The van der Waals surface area contributed by atoms with Crippen molar-refractivity contribution in [2.45, 2.75) is 31.3 Å². The predicted molar refractivity (Wildman–Crippen MR) is 87.2 cm³/mol. The van der Waals surface area contributed by atoms with E-state index in [4.69, 9.17) is 9.26 Å². The molecule has 1 amide bonds. The molecule has 0 aliphatic heterocycles. The Morgan fingerprint density at radius 3 is 2.71 bits per heavy atom. The van der Waals surface area contributed by atoms with Gasteiger partial charge in [0.2, 0.25) is 0 Å². The number of rotatable bonds is 7. The van der Waals surface area contributed by atoms with Crippen LogP contribution in [0.4, 0.5) is 10.2 Å². The second-order valence-electron chi connectivity index (χ2n) is 5.00. The quantitative estimate of drug-likeness (QED) is 0.609. The van der Waals surface area contributed by atoms with Crippen molar-refractivity contribution in [2.75, 3.05) is 11.1 Å². The highest BCUT2D eigenvalue weighted by atomic mass is 32.2. The number of benzene rings is 1. The van der Waals surface area contributed by atoms with Crippen molar-refractivity contribution < 1.29 is 23.2 Å². The highest BCUT2D eigenvalue weighted by Gasteiger charge is 2.19. The second kappa shape index (κ2) is 8.49. The van der Waals surface area contributed by atoms with Crippen LogP contribution in [0.25, 0.3) is 0 Å². The van der Waals surface area contributed by atoms with Gasteiger partial charge in [0, 0.05) is 16.7 Å². The average Bonchev–Trinajstić information content (AvgIpc) is 2.94. The molecule has 128 valence electrons. The maximum absolute atomic E-state index is 12.8. The maximum Gasteiger partial charge on any atom is 0.307 e. The van der Waals surface area contributed by atoms with E-state index >= 15 is 0 Å². The number of halogens is 1. The molecule has 6 nitrogen and oxygen atoms in total. The first-order chi connectivity index (χ1) is 11.4. The van der Waals surface area contributed by atoms with E-state index in [9.17, 15) is 14.0 Å². The van der Waals surface area contributed by atoms with Crippen molar-refractivity contribution >= 4 is 29.5 Å². The standard InChI is InChI=1S/C16H17FN2O4S/c1-10-9-14(19-23-10)18-16(21)11(2)22-15(20)7-8-24-13-5-3-12(17)4-6-13/h3-6,9,11H,7-8H2,1-2H3,(H,18,19,21)/t11-/m1/s1. The van der Waals surface area contributed by atoms with Gasteiger partial charge in [-0.05, 0) is 38.1 Å². The summed E-state index contributed by atoms with van der Waals surface area (Å²) in [6.45, 7) is 3.18. The Morgan fingerprint density at radius 1 is 1.38 bits per heavy atom. The first-order valence-electron chi connectivity index (χ1n) is 7.26. The minimum atomic E-state index is -0.940. The third-order valence-corrected chi connectivity index (χ3v) is 3.96. The van der Waals surface area contributed by atoms with Crippen LogP contribution in [0.5, 0.6) is 0 Å². The Morgan fingerprint density at radius 2 is 2.08 bits per heavy atom. The fourth-order valence-corrected chi connectivity index (χ4v) is 2.58. The second-order valence-corrected chi connectivity index (χ2v) is 6.16. The first-order valence-corrected chi connectivity index (χ1v) is 8.24. The summed E-state index contributed by atoms with van der Waals surface area (Å²) < 4.78 is 22.7. The molecule has 0 saturated carbocycles. The Hall–Kier alpha value is -2.35. The number of carbonyl (C=O) groups is 2. The van der Waals surface area contributed by atoms with Crippen LogP contribution in [0.2, 0.25) is 0 Å². The van der Waals surface area contributed by atoms with Crippen LogP contribution in [-0.4, -0.2) is 28.9 Å². The van der Waals surface area contributed by atoms with Crippen LogP contribution in [0.1, 0.15) is 19.1 Å². The topological polar surface area (TPSA) is 81.4 Å². The van der Waals surface area contributed by atoms with E-state index in [0.29, 0.717) is 11.5 Å². The molecule has 1 aromatic heterocycles. The smallest absolute Gasteiger partial charge is 0.307 e. The van der Waals surface area contributed by atoms with E-state index in [0.717, 1.165) is 4.90 Å². The minimum Gasteiger partial charge on any atom is -0.453 e. The van der Waals surface area contributed by atoms with Gasteiger partial charge in [0.1, 0.15) is 11.6 Å². The minimum absolute atomic E-state index is 0.142. The molecule has 0 saturated heterocycles. The summed E-state index contributed by atoms with van der Waals surface area (Å²) >= 11 is 1.41. The number of esters is 1. The van der Waals surface area contributed by atoms with Gasteiger partial charge in [-0.1, -0.05) is 5.16 Å². The van der Waals surface area contributed by atoms with Gasteiger partial charge in [0.05, 0.1) is 6.42 Å². The molecule has 8 heteroatoms. The summed E-state index contributed by atoms with van der Waals surface area (Å²) in [5.41, 5.74) is 0. The molecular weight excluding hydrogens is 335 g/mol. The lowest BCUT2D eigenvalue weighted by molar-refractivity contribution is -0.152. The zero-order valence-electron chi connectivity index (χ0n) is 13.2. The largest absolute Gasteiger partial charge is 0.453 e. The number of thioether (sulfide) groups is 1. The van der Waals surface area contributed by atoms with Crippen molar-refractivity contribution in [3.8, 4) is 0 Å². The molecule has 24 heavy (non-hydrogen) atoms. The van der Waals surface area contributed by atoms with E-state index < -0.39 is 18.0 Å². The van der Waals surface area contributed by atoms with Crippen LogP contribution in [0.15, 0.2) is 39.8 Å². The van der Waals surface area contributed by atoms with Crippen molar-refractivity contribution in [3.05, 3.63) is 41.9 Å². The van der Waals surface area contributed by atoms with Gasteiger partial charge >= 0.3 is 5.97 Å². The molecule has 1 atom stereocenters. The number of anilines is 1. The lowest BCUT2D eigenvalue weighted by Gasteiger charge is -2.12. The van der Waals surface area contributed by atoms with Gasteiger partial charge in [0.15, 0.2) is 11.9 Å². The summed E-state index contributed by atoms with van der Waals surface area (Å²) in [7, 11) is 0. The maximum atomic E-state index is 12.8. The van der Waals surface area contributed by atoms with Crippen LogP contribution < -0.4 is 5.32 Å². The summed E-state index contributed by atoms with van der Waals surface area (Å²) in [6.07, 6.45) is -0.798. The summed E-state index contributed by atoms with van der Waals surface area (Å²) in [4.78, 5) is 24.5. The monoisotopic (exact) mass is 352 g/mol. The highest BCUT2D eigenvalue weighted by Crippen LogP contribution is 2.19. The number of nitrogens with zero attached hydrogens (tertiary/aromatic N) is 1. The summed E-state index contributed by atoms with van der Waals surface area (Å²) in [5.74, 6) is 0.0359. The van der Waals surface area contributed by atoms with E-state index in [1.807, 2.05) is 0 Å². The number of amides is 1. The number of aromatic nitrogens is 1. The van der Waals surface area contributed by atoms with Crippen LogP contribution in [-0.2, 0) is 14.3 Å². The average molecular weight is 352 g/mol. The fourth-order valence-electron chi connectivity index (χ4n) is 1.75. The number of ether oxygens (including phenoxy) is 1. The Bertz CT molecular complexity index is 702. The number of hydrogen-bond donors (Lipinski definition) is 1. The van der Waals surface area contributed by atoms with Gasteiger partial charge in [-0.25, -0.2) is 4.39 Å². The molecule has 0 unspecified atom stereocenters. The lowest BCUT2D eigenvalue weighted by atomic mass is 10.3. The van der Waals surface area contributed by atoms with Crippen molar-refractivity contribution in [1.82, 2.24) is 5.16 Å². The molecule has 1 aromatic carbocycles. The van der Waals surface area contributed by atoms with Gasteiger partial charge in [-0.15, -0.1) is 11.8 Å². The first kappa shape index (κ1) is 18.0. The number of nitrogens with one attached hydrogen (secondary N) is 1. The van der Waals surface area contributed by atoms with Crippen LogP contribution >= 0.6 is 11.8 Å². The summed E-state index contributed by atoms with van der Waals surface area (Å²) in [6, 6.07) is 7.56. The Labute approximate surface area is 142 Å². The molecule has 0 aliphatic carbocycles. The fraction of sp³-hybridized carbons (Fsp3) is 0.312. The van der Waals surface area contributed by atoms with Crippen molar-refractivity contribution in [3.63, 3.8) is 0 Å². The van der Waals surface area contributed by atoms with Crippen molar-refractivity contribution in [1.29, 1.82) is 0 Å². The molecule has 1 heterocycles. The molecule has 1 N–H and O–H groups in total. The molecule has 2 aromatic rings. The van der Waals surface area contributed by atoms with Gasteiger partial charge in [-0.3, -0.25) is 9.59 Å². The predicted octanol–water partition coefficient (Wildman–Crippen LogP) is 3.17. The molecule has 0 fully saturated rings. The number of aryl methyl sites for hydroxylation is 1. The Kier molecular flexibility index (Phi) is 6.36. The van der Waals surface area contributed by atoms with Crippen LogP contribution in [0.3, 0.4) is 0 Å². The van der Waals surface area contributed by atoms with Crippen LogP contribution in [0, 0.1) is 12.7 Å². The van der Waals surface area contributed by atoms with E-state index in [2.05, 4.69) is 10.5 Å². The zero-order chi connectivity index (χ0) is 17.5. The molecule has 2 rings (SSSR count). The zero-order valence-corrected chi connectivity index (χ0v) is 14.1. The third-order valence-electron chi connectivity index (χ3n) is 2.95. The normalized spacial score (nSPS) is 11.8. The molecular formula is C16H17FN2O4S. The third kappa shape index (κ3) is 5.69. The molecule has 0 spiro atoms. The molecule has 0 aliphatic rings. The summed E-state index contributed by atoms with van der Waals surface area (Å²) in [5, 5.41) is 6.12. The van der Waals surface area contributed by atoms with Crippen molar-refractivity contribution in [2.24, 2.45) is 0 Å². The lowest BCUT2D eigenvalue weighted by Crippen LogP contribution is -2.30.